The van der Waals surface area contributed by atoms with Gasteiger partial charge >= 0.3 is 5.97 Å². The topological polar surface area (TPSA) is 37.3 Å². The van der Waals surface area contributed by atoms with E-state index in [2.05, 4.69) is 0 Å². The summed E-state index contributed by atoms with van der Waals surface area (Å²) in [6.45, 7) is 0. The second-order valence-electron chi connectivity index (χ2n) is 3.72. The third-order valence-electron chi connectivity index (χ3n) is 2.54. The van der Waals surface area contributed by atoms with Crippen molar-refractivity contribution in [1.29, 1.82) is 0 Å². The van der Waals surface area contributed by atoms with Gasteiger partial charge in [-0.2, -0.15) is 0 Å². The van der Waals surface area contributed by atoms with E-state index in [4.69, 9.17) is 27.4 Å². The molecule has 0 heterocycles. The van der Waals surface area contributed by atoms with Gasteiger partial charge in [0.05, 0.1) is 0 Å². The predicted octanol–water partition coefficient (Wildman–Crippen LogP) is 4.63. The molecule has 0 bridgehead atoms. The molecule has 0 aromatic rings. The molecule has 0 spiro atoms. The fourth-order valence-corrected chi connectivity index (χ4v) is 1.70. The Bertz CT molecular complexity index is 908. The monoisotopic (exact) mass is 272 g/mol. The predicted molar refractivity (Wildman–Crippen MR) is 73.5 cm³/mol. The molecule has 0 aromatic heterocycles. The Morgan fingerprint density at radius 1 is 1.11 bits per heavy atom. The van der Waals surface area contributed by atoms with Crippen molar-refractivity contribution in [3.63, 3.8) is 0 Å². The van der Waals surface area contributed by atoms with Crippen LogP contribution in [0.4, 0.5) is 0 Å². The van der Waals surface area contributed by atoms with Gasteiger partial charge in [0, 0.05) is 33.8 Å². The van der Waals surface area contributed by atoms with Crippen LogP contribution in [-0.4, -0.2) is 11.1 Å². The van der Waals surface area contributed by atoms with Crippen molar-refractivity contribution in [3.8, 4) is 0 Å². The fraction of sp³-hybridized carbons (Fsp3) is 0.938. The van der Waals surface area contributed by atoms with Gasteiger partial charge in [-0.3, -0.25) is 4.79 Å². The Balaban J connectivity index is 3.11. The molecular formula is C16H28O2. The summed E-state index contributed by atoms with van der Waals surface area (Å²) in [5.41, 5.74) is 0. The first kappa shape index (κ1) is 3.20. The molecule has 2 rings (SSSR count). The molecule has 2 fully saturated rings. The lowest BCUT2D eigenvalue weighted by molar-refractivity contribution is -0.137. The molecule has 0 radical (unpaired) electrons. The number of carboxylic acid groups (broad SMARTS) is 1. The van der Waals surface area contributed by atoms with Gasteiger partial charge in [0.1, 0.15) is 0 Å². The van der Waals surface area contributed by atoms with E-state index in [0.29, 0.717) is 0 Å². The van der Waals surface area contributed by atoms with Crippen LogP contribution < -0.4 is 0 Å². The fourth-order valence-electron chi connectivity index (χ4n) is 1.70. The van der Waals surface area contributed by atoms with Gasteiger partial charge in [0.15, 0.2) is 0 Å². The van der Waals surface area contributed by atoms with Crippen LogP contribution in [0.1, 0.15) is 104 Å². The molecule has 0 aromatic carbocycles. The van der Waals surface area contributed by atoms with Crippen molar-refractivity contribution in [2.45, 2.75) is 76.6 Å². The van der Waals surface area contributed by atoms with Gasteiger partial charge in [0.2, 0.25) is 0 Å². The Labute approximate surface area is 139 Å². The first-order chi connectivity index (χ1) is 16.4. The number of rotatable bonds is 5. The average Bonchev–Trinajstić information content (AvgIpc) is 2.74. The lowest BCUT2D eigenvalue weighted by Crippen LogP contribution is -2.28. The van der Waals surface area contributed by atoms with Gasteiger partial charge < -0.3 is 5.11 Å². The van der Waals surface area contributed by atoms with Gasteiger partial charge in [-0.1, -0.05) is 63.8 Å². The molecule has 2 nitrogen and oxygen atoms in total. The zero-order chi connectivity index (χ0) is 30.7. The normalized spacial score (nSPS) is 86.0. The minimum atomic E-state index is -4.04. The van der Waals surface area contributed by atoms with E-state index in [1.54, 1.807) is 0 Å². The van der Waals surface area contributed by atoms with Crippen LogP contribution in [0.2, 0.25) is 0 Å². The molecule has 4 atom stereocenters. The van der Waals surface area contributed by atoms with Crippen LogP contribution in [0.3, 0.4) is 0 Å². The molecule has 1 N–H and O–H groups in total. The SMILES string of the molecule is [2H]C1C([2H])([2H])C([2H])([2H])C([2H])([2H])C([2H])([2H])C1([2H])C(CCC(=O)O)C1([2H])C([2H])C([2H])([2H])C([2H])([2H])C([2H])([2H])C1([2H])[2H]. The molecule has 2 aliphatic carbocycles. The minimum Gasteiger partial charge on any atom is -0.481 e. The Morgan fingerprint density at radius 2 is 1.67 bits per heavy atom. The van der Waals surface area contributed by atoms with Gasteiger partial charge in [-0.15, -0.1) is 0 Å². The highest BCUT2D eigenvalue weighted by atomic mass is 16.4. The van der Waals surface area contributed by atoms with Crippen molar-refractivity contribution in [1.82, 2.24) is 0 Å². The summed E-state index contributed by atoms with van der Waals surface area (Å²) in [7, 11) is 0. The molecule has 4 unspecified atom stereocenters. The van der Waals surface area contributed by atoms with Crippen molar-refractivity contribution >= 4 is 5.97 Å². The van der Waals surface area contributed by atoms with E-state index in [1.165, 1.54) is 0 Å². The lowest BCUT2D eigenvalue weighted by Gasteiger charge is -2.37. The summed E-state index contributed by atoms with van der Waals surface area (Å²) in [4.78, 5) is 11.5. The Morgan fingerprint density at radius 3 is 2.17 bits per heavy atom. The van der Waals surface area contributed by atoms with Crippen molar-refractivity contribution < 1.29 is 37.3 Å². The molecule has 0 amide bonds. The zero-order valence-electron chi connectivity index (χ0n) is 29.5. The summed E-state index contributed by atoms with van der Waals surface area (Å²) in [6, 6.07) is 0. The van der Waals surface area contributed by atoms with Crippen LogP contribution >= 0.6 is 0 Å². The molecule has 0 saturated heterocycles. The highest BCUT2D eigenvalue weighted by Gasteiger charge is 2.31. The largest absolute Gasteiger partial charge is 0.481 e. The third-order valence-corrected chi connectivity index (χ3v) is 2.54. The lowest BCUT2D eigenvalue weighted by atomic mass is 9.68. The molecule has 2 heteroatoms. The smallest absolute Gasteiger partial charge is 0.303 e. The van der Waals surface area contributed by atoms with Gasteiger partial charge in [0.25, 0.3) is 0 Å². The van der Waals surface area contributed by atoms with Crippen molar-refractivity contribution in [2.24, 2.45) is 17.7 Å². The quantitative estimate of drug-likeness (QED) is 0.792. The zero-order valence-corrected chi connectivity index (χ0v) is 9.50. The molecule has 104 valence electrons. The number of hydrogen-bond donors (Lipinski definition) is 1. The number of hydrogen-bond acceptors (Lipinski definition) is 1. The van der Waals surface area contributed by atoms with E-state index < -0.39 is 100 Å². The maximum atomic E-state index is 11.5. The standard InChI is InChI=1S/C16H28O2/c17-16(18)12-11-15(13-7-3-1-4-8-13)14-9-5-2-6-10-14/h13-15H,1-12H2,(H,17,18)/i1D2,2D2,3D2,4D2,5D2,6D2,7D,8D2,9D,10D2,13D,14D. The Kier molecular flexibility index (Phi) is 1.27. The third kappa shape index (κ3) is 4.00. The Hall–Kier alpha value is -0.530. The number of carboxylic acids is 1. The van der Waals surface area contributed by atoms with Crippen LogP contribution in [0, 0.1) is 17.7 Å². The van der Waals surface area contributed by atoms with Crippen LogP contribution in [-0.2, 0) is 4.79 Å². The summed E-state index contributed by atoms with van der Waals surface area (Å²) >= 11 is 0. The summed E-state index contributed by atoms with van der Waals surface area (Å²) in [5.74, 6) is -12.2. The average molecular weight is 273 g/mol. The molecule has 18 heavy (non-hydrogen) atoms. The maximum Gasteiger partial charge on any atom is 0.303 e. The summed E-state index contributed by atoms with van der Waals surface area (Å²) in [5, 5.41) is 9.28. The van der Waals surface area contributed by atoms with Crippen molar-refractivity contribution in [3.05, 3.63) is 0 Å². The molecule has 0 aliphatic heterocycles. The maximum absolute atomic E-state index is 11.5. The molecule has 2 saturated carbocycles. The summed E-state index contributed by atoms with van der Waals surface area (Å²) < 4.78 is 165. The first-order valence-electron chi connectivity index (χ1n) is 15.6. The minimum absolute atomic E-state index is 1.19. The van der Waals surface area contributed by atoms with Crippen LogP contribution in [0.5, 0.6) is 0 Å². The van der Waals surface area contributed by atoms with E-state index in [-0.39, 0.29) is 0 Å². The second-order valence-corrected chi connectivity index (χ2v) is 3.72. The van der Waals surface area contributed by atoms with Gasteiger partial charge in [-0.05, 0) is 24.1 Å². The highest BCUT2D eigenvalue weighted by Crippen LogP contribution is 2.42. The van der Waals surface area contributed by atoms with Crippen molar-refractivity contribution in [2.75, 3.05) is 0 Å². The van der Waals surface area contributed by atoms with Gasteiger partial charge in [-0.25, -0.2) is 0 Å². The first-order valence-corrected chi connectivity index (χ1v) is 5.42. The van der Waals surface area contributed by atoms with E-state index in [0.717, 1.165) is 0 Å². The summed E-state index contributed by atoms with van der Waals surface area (Å²) in [6.07, 6.45) is -39.8. The van der Waals surface area contributed by atoms with E-state index >= 15 is 0 Å². The second kappa shape index (κ2) is 7.16. The highest BCUT2D eigenvalue weighted by molar-refractivity contribution is 5.66. The number of aliphatic carboxylic acids is 1. The van der Waals surface area contributed by atoms with E-state index in [1.807, 2.05) is 0 Å². The van der Waals surface area contributed by atoms with Crippen LogP contribution in [0.25, 0.3) is 0 Å². The molecule has 2 aliphatic rings. The number of carbonyl (C=O) groups is 1. The van der Waals surface area contributed by atoms with Crippen LogP contribution in [0.15, 0.2) is 0 Å². The molecular weight excluding hydrogens is 224 g/mol. The van der Waals surface area contributed by atoms with E-state index in [9.17, 15) is 9.90 Å².